The lowest BCUT2D eigenvalue weighted by atomic mass is 10.1. The number of halogens is 2. The van der Waals surface area contributed by atoms with E-state index in [2.05, 4.69) is 0 Å². The maximum atomic E-state index is 12.9. The summed E-state index contributed by atoms with van der Waals surface area (Å²) in [6.45, 7) is 0. The lowest BCUT2D eigenvalue weighted by Gasteiger charge is -2.00. The summed E-state index contributed by atoms with van der Waals surface area (Å²) in [7, 11) is 1.50. The van der Waals surface area contributed by atoms with Crippen LogP contribution >= 0.6 is 11.6 Å². The highest BCUT2D eigenvalue weighted by molar-refractivity contribution is 6.31. The maximum absolute atomic E-state index is 12.9. The van der Waals surface area contributed by atoms with E-state index in [1.807, 2.05) is 0 Å². The van der Waals surface area contributed by atoms with Gasteiger partial charge in [0, 0.05) is 22.0 Å². The Hall–Kier alpha value is -2.33. The molecule has 0 aliphatic rings. The van der Waals surface area contributed by atoms with Crippen molar-refractivity contribution in [3.05, 3.63) is 64.6 Å². The van der Waals surface area contributed by atoms with Gasteiger partial charge in [-0.15, -0.1) is 0 Å². The van der Waals surface area contributed by atoms with E-state index in [0.717, 1.165) is 0 Å². The van der Waals surface area contributed by atoms with Gasteiger partial charge in [-0.1, -0.05) is 11.6 Å². The van der Waals surface area contributed by atoms with Crippen LogP contribution in [0.1, 0.15) is 16.1 Å². The van der Waals surface area contributed by atoms with Gasteiger partial charge >= 0.3 is 0 Å². The van der Waals surface area contributed by atoms with Crippen molar-refractivity contribution in [1.29, 1.82) is 0 Å². The highest BCUT2D eigenvalue weighted by Crippen LogP contribution is 2.33. The first-order valence-corrected chi connectivity index (χ1v) is 6.53. The Labute approximate surface area is 124 Å². The zero-order valence-corrected chi connectivity index (χ0v) is 11.8. The molecule has 0 atom stereocenters. The predicted molar refractivity (Wildman–Crippen MR) is 77.6 cm³/mol. The predicted octanol–water partition coefficient (Wildman–Crippen LogP) is 4.46. The minimum atomic E-state index is -0.399. The third-order valence-electron chi connectivity index (χ3n) is 3.10. The van der Waals surface area contributed by atoms with Crippen molar-refractivity contribution in [1.82, 2.24) is 0 Å². The van der Waals surface area contributed by atoms with Crippen molar-refractivity contribution >= 4 is 28.4 Å². The van der Waals surface area contributed by atoms with Crippen LogP contribution in [0, 0.1) is 5.82 Å². The van der Waals surface area contributed by atoms with Gasteiger partial charge in [0.25, 0.3) is 0 Å². The maximum Gasteiger partial charge on any atom is 0.228 e. The van der Waals surface area contributed by atoms with Gasteiger partial charge in [0.15, 0.2) is 17.1 Å². The zero-order chi connectivity index (χ0) is 15.0. The van der Waals surface area contributed by atoms with E-state index in [0.29, 0.717) is 27.3 Å². The van der Waals surface area contributed by atoms with Crippen LogP contribution in [0.4, 0.5) is 4.39 Å². The second kappa shape index (κ2) is 5.22. The summed E-state index contributed by atoms with van der Waals surface area (Å²) in [5, 5.41) is 1.16. The van der Waals surface area contributed by atoms with Gasteiger partial charge in [0.05, 0.1) is 7.11 Å². The lowest BCUT2D eigenvalue weighted by molar-refractivity contribution is 0.101. The number of methoxy groups -OCH3 is 1. The van der Waals surface area contributed by atoms with E-state index in [1.165, 1.54) is 31.4 Å². The molecule has 0 radical (unpaired) electrons. The molecule has 0 amide bonds. The molecule has 0 fully saturated rings. The van der Waals surface area contributed by atoms with E-state index in [9.17, 15) is 9.18 Å². The summed E-state index contributed by atoms with van der Waals surface area (Å²) in [6, 6.07) is 10.2. The fourth-order valence-electron chi connectivity index (χ4n) is 2.09. The third-order valence-corrected chi connectivity index (χ3v) is 3.32. The van der Waals surface area contributed by atoms with Gasteiger partial charge in [-0.3, -0.25) is 4.79 Å². The number of carbonyl (C=O) groups is 1. The quantitative estimate of drug-likeness (QED) is 0.670. The summed E-state index contributed by atoms with van der Waals surface area (Å²) in [5.74, 6) is -0.123. The van der Waals surface area contributed by atoms with Crippen molar-refractivity contribution in [2.75, 3.05) is 7.11 Å². The summed E-state index contributed by atoms with van der Waals surface area (Å²) in [4.78, 5) is 12.3. The molecule has 0 aliphatic carbocycles. The van der Waals surface area contributed by atoms with Crippen LogP contribution in [0.25, 0.3) is 11.0 Å². The molecule has 0 N–H and O–H groups in total. The van der Waals surface area contributed by atoms with E-state index >= 15 is 0 Å². The number of hydrogen-bond donors (Lipinski definition) is 0. The van der Waals surface area contributed by atoms with E-state index in [4.69, 9.17) is 20.8 Å². The molecule has 3 nitrogen and oxygen atoms in total. The van der Waals surface area contributed by atoms with Crippen LogP contribution in [0.5, 0.6) is 5.75 Å². The van der Waals surface area contributed by atoms with Crippen molar-refractivity contribution in [3.63, 3.8) is 0 Å². The number of fused-ring (bicyclic) bond motifs is 1. The van der Waals surface area contributed by atoms with Crippen molar-refractivity contribution in [3.8, 4) is 5.75 Å². The first-order valence-electron chi connectivity index (χ1n) is 6.16. The van der Waals surface area contributed by atoms with Crippen molar-refractivity contribution in [2.24, 2.45) is 0 Å². The molecule has 0 saturated carbocycles. The number of carbonyl (C=O) groups excluding carboxylic acids is 1. The molecule has 0 aliphatic heterocycles. The first kappa shape index (κ1) is 13.6. The number of ketones is 1. The molecular weight excluding hydrogens is 295 g/mol. The Balaban J connectivity index is 2.08. The van der Waals surface area contributed by atoms with Crippen molar-refractivity contribution < 1.29 is 18.3 Å². The van der Waals surface area contributed by atoms with Crippen LogP contribution in [0.15, 0.2) is 46.9 Å². The zero-order valence-electron chi connectivity index (χ0n) is 11.0. The standard InChI is InChI=1S/C16H10ClFO3/c1-20-14-8-11(17)6-10-7-13(21-16(10)14)15(19)9-2-4-12(18)5-3-9/h2-8H,1H3. The normalized spacial score (nSPS) is 10.8. The van der Waals surface area contributed by atoms with Gasteiger partial charge in [0.2, 0.25) is 5.78 Å². The molecule has 3 aromatic rings. The molecule has 0 saturated heterocycles. The monoisotopic (exact) mass is 304 g/mol. The lowest BCUT2D eigenvalue weighted by Crippen LogP contribution is -1.99. The molecule has 0 bridgehead atoms. The topological polar surface area (TPSA) is 39.4 Å². The minimum Gasteiger partial charge on any atom is -0.493 e. The Morgan fingerprint density at radius 1 is 1.19 bits per heavy atom. The number of furan rings is 1. The molecule has 3 rings (SSSR count). The molecule has 1 heterocycles. The summed E-state index contributed by atoms with van der Waals surface area (Å²) in [5.41, 5.74) is 0.799. The van der Waals surface area contributed by atoms with Gasteiger partial charge in [0.1, 0.15) is 5.82 Å². The third kappa shape index (κ3) is 2.50. The van der Waals surface area contributed by atoms with Crippen LogP contribution in [-0.4, -0.2) is 12.9 Å². The number of rotatable bonds is 3. The average Bonchev–Trinajstić information content (AvgIpc) is 2.90. The summed E-state index contributed by atoms with van der Waals surface area (Å²) < 4.78 is 23.6. The second-order valence-electron chi connectivity index (χ2n) is 4.47. The SMILES string of the molecule is COc1cc(Cl)cc2cc(C(=O)c3ccc(F)cc3)oc12. The van der Waals surface area contributed by atoms with Gasteiger partial charge in [-0.2, -0.15) is 0 Å². The van der Waals surface area contributed by atoms with Crippen molar-refractivity contribution in [2.45, 2.75) is 0 Å². The summed E-state index contributed by atoms with van der Waals surface area (Å²) in [6.07, 6.45) is 0. The Kier molecular flexibility index (Phi) is 3.39. The number of ether oxygens (including phenoxy) is 1. The molecule has 2 aromatic carbocycles. The van der Waals surface area contributed by atoms with E-state index in [-0.39, 0.29) is 11.5 Å². The van der Waals surface area contributed by atoms with Gasteiger partial charge < -0.3 is 9.15 Å². The molecule has 1 aromatic heterocycles. The fraction of sp³-hybridized carbons (Fsp3) is 0.0625. The summed E-state index contributed by atoms with van der Waals surface area (Å²) >= 11 is 5.98. The smallest absolute Gasteiger partial charge is 0.228 e. The Bertz CT molecular complexity index is 821. The molecule has 0 unspecified atom stereocenters. The van der Waals surface area contributed by atoms with Gasteiger partial charge in [-0.05, 0) is 36.4 Å². The molecule has 21 heavy (non-hydrogen) atoms. The molecule has 106 valence electrons. The molecular formula is C16H10ClFO3. The Morgan fingerprint density at radius 2 is 1.90 bits per heavy atom. The Morgan fingerprint density at radius 3 is 2.57 bits per heavy atom. The molecule has 0 spiro atoms. The van der Waals surface area contributed by atoms with E-state index in [1.54, 1.807) is 18.2 Å². The van der Waals surface area contributed by atoms with Crippen LogP contribution in [-0.2, 0) is 0 Å². The van der Waals surface area contributed by atoms with Gasteiger partial charge in [-0.25, -0.2) is 4.39 Å². The van der Waals surface area contributed by atoms with Crippen LogP contribution in [0.3, 0.4) is 0 Å². The minimum absolute atomic E-state index is 0.150. The average molecular weight is 305 g/mol. The largest absolute Gasteiger partial charge is 0.493 e. The molecule has 5 heteroatoms. The van der Waals surface area contributed by atoms with E-state index < -0.39 is 5.82 Å². The number of hydrogen-bond acceptors (Lipinski definition) is 3. The first-order chi connectivity index (χ1) is 10.1. The van der Waals surface area contributed by atoms with Crippen LogP contribution < -0.4 is 4.74 Å². The fourth-order valence-corrected chi connectivity index (χ4v) is 2.31. The highest BCUT2D eigenvalue weighted by Gasteiger charge is 2.17. The highest BCUT2D eigenvalue weighted by atomic mass is 35.5. The van der Waals surface area contributed by atoms with Crippen LogP contribution in [0.2, 0.25) is 5.02 Å². The number of benzene rings is 2. The second-order valence-corrected chi connectivity index (χ2v) is 4.91.